The molecule has 2 aliphatic carbocycles. The summed E-state index contributed by atoms with van der Waals surface area (Å²) in [5.74, 6) is 0. The van der Waals surface area contributed by atoms with Crippen molar-refractivity contribution >= 4 is 62.4 Å². The molecule has 0 amide bonds. The molecule has 0 bridgehead atoms. The van der Waals surface area contributed by atoms with Gasteiger partial charge >= 0.3 is 0 Å². The predicted octanol–water partition coefficient (Wildman–Crippen LogP) is 16.9. The lowest BCUT2D eigenvalue weighted by Gasteiger charge is -2.32. The van der Waals surface area contributed by atoms with E-state index in [1.807, 2.05) is 30.5 Å². The summed E-state index contributed by atoms with van der Waals surface area (Å²) in [4.78, 5) is 2.36. The van der Waals surface area contributed by atoms with Crippen LogP contribution in [-0.4, -0.2) is 0 Å². The van der Waals surface area contributed by atoms with E-state index in [9.17, 15) is 0 Å². The molecule has 3 nitrogen and oxygen atoms in total. The Morgan fingerprint density at radius 1 is 0.446 bits per heavy atom. The molecule has 2 heterocycles. The fraction of sp³-hybridized carbons (Fsp3) is 0.0164. The van der Waals surface area contributed by atoms with Gasteiger partial charge in [-0.1, -0.05) is 169 Å². The average Bonchev–Trinajstić information content (AvgIpc) is 3.98. The molecular weight excluding hydrogens is 812 g/mol. The number of furan rings is 1. The van der Waals surface area contributed by atoms with Crippen molar-refractivity contribution in [1.82, 2.24) is 0 Å². The SMILES string of the molecule is Clc1cc(-c2cc3c(c4oc5ccccc5c24)\C=C/C=C\C=C\Nc2ccccc2-3)cc(N(c2ccccc2)c2ccc3c(c2)C2(c4ccccc4-c4ccccc42)c2ccccc2-3)c1. The Kier molecular flexibility index (Phi) is 8.49. The molecule has 3 aliphatic rings. The van der Waals surface area contributed by atoms with Crippen LogP contribution in [0.5, 0.6) is 0 Å². The Bertz CT molecular complexity index is 3600. The molecule has 4 heteroatoms. The Balaban J connectivity index is 1.06. The van der Waals surface area contributed by atoms with Gasteiger partial charge < -0.3 is 14.6 Å². The van der Waals surface area contributed by atoms with Crippen LogP contribution in [0.3, 0.4) is 0 Å². The van der Waals surface area contributed by atoms with Gasteiger partial charge in [0, 0.05) is 55.9 Å². The number of rotatable bonds is 4. The lowest BCUT2D eigenvalue weighted by molar-refractivity contribution is 0.668. The highest BCUT2D eigenvalue weighted by atomic mass is 35.5. The summed E-state index contributed by atoms with van der Waals surface area (Å²) in [5.41, 5.74) is 20.7. The molecule has 0 saturated carbocycles. The van der Waals surface area contributed by atoms with Gasteiger partial charge in [-0.15, -0.1) is 0 Å². The summed E-state index contributed by atoms with van der Waals surface area (Å²) >= 11 is 7.37. The number of fused-ring (bicyclic) bond motifs is 17. The number of benzene rings is 9. The highest BCUT2D eigenvalue weighted by Crippen LogP contribution is 2.63. The predicted molar refractivity (Wildman–Crippen MR) is 272 cm³/mol. The van der Waals surface area contributed by atoms with Gasteiger partial charge in [0.05, 0.1) is 5.41 Å². The Hall–Kier alpha value is -8.11. The molecule has 0 saturated heterocycles. The quantitative estimate of drug-likeness (QED) is 0.191. The largest absolute Gasteiger partial charge is 0.455 e. The Morgan fingerprint density at radius 2 is 1.08 bits per heavy atom. The number of anilines is 4. The van der Waals surface area contributed by atoms with Gasteiger partial charge in [-0.05, 0) is 128 Å². The van der Waals surface area contributed by atoms with Crippen LogP contribution in [0.25, 0.3) is 72.5 Å². The van der Waals surface area contributed by atoms with E-state index in [-0.39, 0.29) is 0 Å². The molecule has 9 aromatic carbocycles. The molecule has 0 radical (unpaired) electrons. The number of para-hydroxylation sites is 3. The van der Waals surface area contributed by atoms with E-state index >= 15 is 0 Å². The van der Waals surface area contributed by atoms with Crippen LogP contribution in [0.15, 0.2) is 229 Å². The Labute approximate surface area is 382 Å². The molecule has 65 heavy (non-hydrogen) atoms. The second-order valence-electron chi connectivity index (χ2n) is 17.0. The second-order valence-corrected chi connectivity index (χ2v) is 17.4. The topological polar surface area (TPSA) is 28.4 Å². The number of halogens is 1. The molecule has 0 unspecified atom stereocenters. The molecule has 10 aromatic rings. The molecule has 1 N–H and O–H groups in total. The maximum absolute atomic E-state index is 7.37. The van der Waals surface area contributed by atoms with Gasteiger partial charge in [0.25, 0.3) is 0 Å². The number of nitrogens with one attached hydrogen (secondary N) is 1. The van der Waals surface area contributed by atoms with Gasteiger partial charge in [-0.2, -0.15) is 0 Å². The Morgan fingerprint density at radius 3 is 1.83 bits per heavy atom. The van der Waals surface area contributed by atoms with Crippen molar-refractivity contribution in [2.45, 2.75) is 5.41 Å². The zero-order valence-corrected chi connectivity index (χ0v) is 35.9. The number of hydrogen-bond donors (Lipinski definition) is 1. The van der Waals surface area contributed by atoms with Crippen molar-refractivity contribution < 1.29 is 4.42 Å². The normalized spacial score (nSPS) is 15.2. The minimum absolute atomic E-state index is 0.478. The van der Waals surface area contributed by atoms with Crippen LogP contribution in [0.2, 0.25) is 5.02 Å². The second kappa shape index (κ2) is 14.7. The smallest absolute Gasteiger partial charge is 0.143 e. The van der Waals surface area contributed by atoms with E-state index in [4.69, 9.17) is 16.0 Å². The zero-order valence-electron chi connectivity index (χ0n) is 35.2. The minimum atomic E-state index is -0.478. The maximum atomic E-state index is 7.37. The summed E-state index contributed by atoms with van der Waals surface area (Å²) in [7, 11) is 0. The van der Waals surface area contributed by atoms with Gasteiger partial charge in [0.1, 0.15) is 11.2 Å². The fourth-order valence-electron chi connectivity index (χ4n) is 11.0. The first-order valence-electron chi connectivity index (χ1n) is 22.1. The lowest BCUT2D eigenvalue weighted by atomic mass is 9.70. The van der Waals surface area contributed by atoms with Crippen molar-refractivity contribution in [3.8, 4) is 44.5 Å². The van der Waals surface area contributed by atoms with Crippen LogP contribution in [0.4, 0.5) is 22.7 Å². The van der Waals surface area contributed by atoms with Crippen LogP contribution >= 0.6 is 11.6 Å². The molecule has 306 valence electrons. The summed E-state index contributed by atoms with van der Waals surface area (Å²) in [6, 6.07) is 70.2. The van der Waals surface area contributed by atoms with Gasteiger partial charge in [-0.25, -0.2) is 0 Å². The van der Waals surface area contributed by atoms with E-state index in [1.54, 1.807) is 0 Å². The molecule has 0 atom stereocenters. The number of nitrogens with zero attached hydrogens (tertiary/aromatic N) is 1. The number of allylic oxidation sites excluding steroid dienone is 4. The molecule has 1 spiro atoms. The highest BCUT2D eigenvalue weighted by Gasteiger charge is 2.51. The van der Waals surface area contributed by atoms with E-state index in [2.05, 4.69) is 210 Å². The van der Waals surface area contributed by atoms with E-state index in [1.165, 1.54) is 44.5 Å². The summed E-state index contributed by atoms with van der Waals surface area (Å²) in [6.07, 6.45) is 12.3. The van der Waals surface area contributed by atoms with Gasteiger partial charge in [0.15, 0.2) is 0 Å². The maximum Gasteiger partial charge on any atom is 0.143 e. The molecular formula is C61H39ClN2O. The summed E-state index contributed by atoms with van der Waals surface area (Å²) in [6.45, 7) is 0. The van der Waals surface area contributed by atoms with Crippen LogP contribution in [-0.2, 0) is 5.41 Å². The third kappa shape index (κ3) is 5.62. The summed E-state index contributed by atoms with van der Waals surface area (Å²) in [5, 5.41) is 6.27. The van der Waals surface area contributed by atoms with Crippen molar-refractivity contribution in [1.29, 1.82) is 0 Å². The third-order valence-corrected chi connectivity index (χ3v) is 13.8. The first-order valence-corrected chi connectivity index (χ1v) is 22.5. The molecule has 1 aromatic heterocycles. The van der Waals surface area contributed by atoms with Crippen LogP contribution in [0.1, 0.15) is 27.8 Å². The highest BCUT2D eigenvalue weighted by molar-refractivity contribution is 6.31. The molecule has 13 rings (SSSR count). The van der Waals surface area contributed by atoms with Gasteiger partial charge in [-0.3, -0.25) is 0 Å². The third-order valence-electron chi connectivity index (χ3n) is 13.5. The summed E-state index contributed by atoms with van der Waals surface area (Å²) < 4.78 is 6.88. The lowest BCUT2D eigenvalue weighted by Crippen LogP contribution is -2.26. The van der Waals surface area contributed by atoms with Crippen LogP contribution in [0, 0.1) is 0 Å². The standard InChI is InChI=1S/C61H39ClN2O/c62-40-34-39(51-38-52-48-23-10-15-29-57(48)63-33-17-2-1-6-24-49(52)60-59(51)50-25-11-16-30-58(50)65-60)35-43(36-40)64(41-18-4-3-5-19-41)42-31-32-47-46-22-9-14-28-55(46)61(56(47)37-42)53-26-12-7-20-44(53)45-21-8-13-27-54(45)61/h1-38,63H/b2-1-,24-6-,33-17+. The minimum Gasteiger partial charge on any atom is -0.455 e. The first-order chi connectivity index (χ1) is 32.2. The average molecular weight is 851 g/mol. The van der Waals surface area contributed by atoms with Crippen molar-refractivity contribution in [3.05, 3.63) is 257 Å². The zero-order chi connectivity index (χ0) is 43.1. The van der Waals surface area contributed by atoms with E-state index in [0.29, 0.717) is 5.02 Å². The van der Waals surface area contributed by atoms with Crippen molar-refractivity contribution in [2.24, 2.45) is 0 Å². The first kappa shape index (κ1) is 37.4. The number of hydrogen-bond acceptors (Lipinski definition) is 3. The fourth-order valence-corrected chi connectivity index (χ4v) is 11.2. The molecule has 0 fully saturated rings. The van der Waals surface area contributed by atoms with Gasteiger partial charge in [0.2, 0.25) is 0 Å². The monoisotopic (exact) mass is 850 g/mol. The van der Waals surface area contributed by atoms with Crippen molar-refractivity contribution in [3.63, 3.8) is 0 Å². The van der Waals surface area contributed by atoms with E-state index in [0.717, 1.165) is 72.5 Å². The van der Waals surface area contributed by atoms with Crippen LogP contribution < -0.4 is 10.2 Å². The van der Waals surface area contributed by atoms with Crippen molar-refractivity contribution in [2.75, 3.05) is 10.2 Å². The molecule has 1 aliphatic heterocycles. The van der Waals surface area contributed by atoms with E-state index < -0.39 is 5.41 Å².